The second-order valence-electron chi connectivity index (χ2n) is 5.31. The topological polar surface area (TPSA) is 42.1 Å². The third-order valence-electron chi connectivity index (χ3n) is 3.95. The van der Waals surface area contributed by atoms with Gasteiger partial charge in [0, 0.05) is 24.8 Å². The van der Waals surface area contributed by atoms with Crippen LogP contribution in [0.2, 0.25) is 0 Å². The minimum Gasteiger partial charge on any atom is -0.354 e. The normalized spacial score (nSPS) is 18.6. The summed E-state index contributed by atoms with van der Waals surface area (Å²) in [6.07, 6.45) is 8.60. The molecular formula is C15H25N3. The number of nitrogens with two attached hydrogens (primary N) is 1. The SMILES string of the molecule is CCN(c1cc([C@H](C)N)ccn1)C1CCCCC1. The van der Waals surface area contributed by atoms with Crippen molar-refractivity contribution in [3.63, 3.8) is 0 Å². The second kappa shape index (κ2) is 6.19. The molecule has 1 atom stereocenters. The molecule has 1 aromatic rings. The fraction of sp³-hybridized carbons (Fsp3) is 0.667. The standard InChI is InChI=1S/C15H25N3/c1-3-18(14-7-5-4-6-8-14)15-11-13(12(2)16)9-10-17-15/h9-12,14H,3-8,16H2,1-2H3/t12-/m0/s1. The van der Waals surface area contributed by atoms with E-state index in [0.717, 1.165) is 12.4 Å². The van der Waals surface area contributed by atoms with Gasteiger partial charge in [0.05, 0.1) is 0 Å². The minimum atomic E-state index is 0.0804. The van der Waals surface area contributed by atoms with Crippen molar-refractivity contribution in [3.05, 3.63) is 23.9 Å². The van der Waals surface area contributed by atoms with Crippen LogP contribution in [0.1, 0.15) is 57.6 Å². The molecule has 0 saturated heterocycles. The Morgan fingerprint density at radius 3 is 2.72 bits per heavy atom. The molecule has 1 aliphatic rings. The van der Waals surface area contributed by atoms with Gasteiger partial charge in [-0.2, -0.15) is 0 Å². The molecular weight excluding hydrogens is 222 g/mol. The van der Waals surface area contributed by atoms with Crippen LogP contribution in [0.3, 0.4) is 0 Å². The van der Waals surface area contributed by atoms with Gasteiger partial charge in [-0.3, -0.25) is 0 Å². The molecule has 2 rings (SSSR count). The molecule has 1 saturated carbocycles. The summed E-state index contributed by atoms with van der Waals surface area (Å²) in [4.78, 5) is 6.99. The first-order valence-electron chi connectivity index (χ1n) is 7.20. The average molecular weight is 247 g/mol. The molecule has 0 aromatic carbocycles. The Balaban J connectivity index is 2.18. The van der Waals surface area contributed by atoms with Crippen molar-refractivity contribution in [2.24, 2.45) is 5.73 Å². The van der Waals surface area contributed by atoms with E-state index >= 15 is 0 Å². The Morgan fingerprint density at radius 1 is 1.39 bits per heavy atom. The van der Waals surface area contributed by atoms with Crippen LogP contribution < -0.4 is 10.6 Å². The number of rotatable bonds is 4. The molecule has 0 spiro atoms. The van der Waals surface area contributed by atoms with Crippen LogP contribution >= 0.6 is 0 Å². The van der Waals surface area contributed by atoms with Gasteiger partial charge in [-0.25, -0.2) is 4.98 Å². The lowest BCUT2D eigenvalue weighted by molar-refractivity contribution is 0.416. The molecule has 100 valence electrons. The highest BCUT2D eigenvalue weighted by Crippen LogP contribution is 2.27. The van der Waals surface area contributed by atoms with Gasteiger partial charge in [0.15, 0.2) is 0 Å². The lowest BCUT2D eigenvalue weighted by atomic mass is 9.94. The van der Waals surface area contributed by atoms with E-state index < -0.39 is 0 Å². The fourth-order valence-corrected chi connectivity index (χ4v) is 2.87. The maximum absolute atomic E-state index is 5.96. The van der Waals surface area contributed by atoms with Crippen LogP contribution in [0, 0.1) is 0 Å². The summed E-state index contributed by atoms with van der Waals surface area (Å²) in [5.41, 5.74) is 7.13. The first-order chi connectivity index (χ1) is 8.72. The summed E-state index contributed by atoms with van der Waals surface area (Å²) in [7, 11) is 0. The molecule has 0 amide bonds. The van der Waals surface area contributed by atoms with Crippen LogP contribution in [-0.2, 0) is 0 Å². The zero-order valence-corrected chi connectivity index (χ0v) is 11.6. The summed E-state index contributed by atoms with van der Waals surface area (Å²) in [6, 6.07) is 4.92. The van der Waals surface area contributed by atoms with E-state index in [0.29, 0.717) is 6.04 Å². The highest BCUT2D eigenvalue weighted by atomic mass is 15.2. The van der Waals surface area contributed by atoms with Crippen molar-refractivity contribution in [1.29, 1.82) is 0 Å². The predicted molar refractivity (Wildman–Crippen MR) is 76.7 cm³/mol. The van der Waals surface area contributed by atoms with E-state index in [2.05, 4.69) is 22.9 Å². The van der Waals surface area contributed by atoms with Crippen molar-refractivity contribution < 1.29 is 0 Å². The molecule has 3 nitrogen and oxygen atoms in total. The van der Waals surface area contributed by atoms with Gasteiger partial charge in [0.2, 0.25) is 0 Å². The Kier molecular flexibility index (Phi) is 4.59. The number of pyridine rings is 1. The van der Waals surface area contributed by atoms with Gasteiger partial charge in [0.1, 0.15) is 5.82 Å². The van der Waals surface area contributed by atoms with E-state index in [1.807, 2.05) is 19.2 Å². The molecule has 1 aromatic heterocycles. The molecule has 1 aliphatic carbocycles. The summed E-state index contributed by atoms with van der Waals surface area (Å²) < 4.78 is 0. The van der Waals surface area contributed by atoms with E-state index in [4.69, 9.17) is 5.73 Å². The Hall–Kier alpha value is -1.09. The van der Waals surface area contributed by atoms with E-state index in [9.17, 15) is 0 Å². The number of anilines is 1. The Morgan fingerprint density at radius 2 is 2.11 bits per heavy atom. The molecule has 0 unspecified atom stereocenters. The third kappa shape index (κ3) is 3.02. The molecule has 18 heavy (non-hydrogen) atoms. The van der Waals surface area contributed by atoms with Crippen molar-refractivity contribution >= 4 is 5.82 Å². The van der Waals surface area contributed by atoms with Gasteiger partial charge in [-0.15, -0.1) is 0 Å². The highest BCUT2D eigenvalue weighted by molar-refractivity contribution is 5.42. The maximum atomic E-state index is 5.96. The zero-order valence-electron chi connectivity index (χ0n) is 11.6. The largest absolute Gasteiger partial charge is 0.354 e. The predicted octanol–water partition coefficient (Wildman–Crippen LogP) is 3.26. The zero-order chi connectivity index (χ0) is 13.0. The van der Waals surface area contributed by atoms with Crippen LogP contribution in [0.4, 0.5) is 5.82 Å². The molecule has 0 radical (unpaired) electrons. The fourth-order valence-electron chi connectivity index (χ4n) is 2.87. The Bertz CT molecular complexity index is 370. The average Bonchev–Trinajstić information content (AvgIpc) is 2.41. The third-order valence-corrected chi connectivity index (χ3v) is 3.95. The van der Waals surface area contributed by atoms with Gasteiger partial charge in [0.25, 0.3) is 0 Å². The first-order valence-corrected chi connectivity index (χ1v) is 7.20. The van der Waals surface area contributed by atoms with Crippen molar-refractivity contribution in [2.75, 3.05) is 11.4 Å². The molecule has 0 bridgehead atoms. The van der Waals surface area contributed by atoms with Crippen LogP contribution in [0.25, 0.3) is 0 Å². The summed E-state index contributed by atoms with van der Waals surface area (Å²) in [5.74, 6) is 1.10. The van der Waals surface area contributed by atoms with E-state index in [-0.39, 0.29) is 6.04 Å². The van der Waals surface area contributed by atoms with E-state index in [1.165, 1.54) is 37.7 Å². The number of hydrogen-bond acceptors (Lipinski definition) is 3. The smallest absolute Gasteiger partial charge is 0.129 e. The molecule has 3 heteroatoms. The van der Waals surface area contributed by atoms with Crippen LogP contribution in [-0.4, -0.2) is 17.6 Å². The van der Waals surface area contributed by atoms with Crippen LogP contribution in [0.5, 0.6) is 0 Å². The summed E-state index contributed by atoms with van der Waals surface area (Å²) in [6.45, 7) is 5.27. The first kappa shape index (κ1) is 13.3. The van der Waals surface area contributed by atoms with Crippen molar-refractivity contribution in [1.82, 2.24) is 4.98 Å². The van der Waals surface area contributed by atoms with Gasteiger partial charge >= 0.3 is 0 Å². The minimum absolute atomic E-state index is 0.0804. The van der Waals surface area contributed by atoms with Crippen LogP contribution in [0.15, 0.2) is 18.3 Å². The summed E-state index contributed by atoms with van der Waals surface area (Å²) in [5, 5.41) is 0. The van der Waals surface area contributed by atoms with Gasteiger partial charge in [-0.1, -0.05) is 19.3 Å². The monoisotopic (exact) mass is 247 g/mol. The quantitative estimate of drug-likeness (QED) is 0.888. The number of nitrogens with zero attached hydrogens (tertiary/aromatic N) is 2. The molecule has 2 N–H and O–H groups in total. The highest BCUT2D eigenvalue weighted by Gasteiger charge is 2.21. The van der Waals surface area contributed by atoms with Crippen molar-refractivity contribution in [2.45, 2.75) is 58.0 Å². The molecule has 0 aliphatic heterocycles. The number of aromatic nitrogens is 1. The molecule has 1 heterocycles. The van der Waals surface area contributed by atoms with Crippen molar-refractivity contribution in [3.8, 4) is 0 Å². The van der Waals surface area contributed by atoms with E-state index in [1.54, 1.807) is 0 Å². The van der Waals surface area contributed by atoms with Gasteiger partial charge in [-0.05, 0) is 44.4 Å². The lowest BCUT2D eigenvalue weighted by Gasteiger charge is -2.34. The number of hydrogen-bond donors (Lipinski definition) is 1. The van der Waals surface area contributed by atoms with Gasteiger partial charge < -0.3 is 10.6 Å². The summed E-state index contributed by atoms with van der Waals surface area (Å²) >= 11 is 0. The Labute approximate surface area is 110 Å². The maximum Gasteiger partial charge on any atom is 0.129 e. The second-order valence-corrected chi connectivity index (χ2v) is 5.31. The molecule has 1 fully saturated rings. The lowest BCUT2D eigenvalue weighted by Crippen LogP contribution is -2.37.